The Morgan fingerprint density at radius 3 is 2.17 bits per heavy atom. The van der Waals surface area contributed by atoms with Crippen LogP contribution < -0.4 is 0 Å². The third-order valence-electron chi connectivity index (χ3n) is 1.49. The first kappa shape index (κ1) is 17.6. The predicted octanol–water partition coefficient (Wildman–Crippen LogP) is 1.07. The van der Waals surface area contributed by atoms with E-state index in [0.717, 1.165) is 17.7 Å². The fourth-order valence-electron chi connectivity index (χ4n) is 0.943. The maximum atomic E-state index is 9.72. The molecule has 1 aromatic carbocycles. The number of isocyanates is 3. The van der Waals surface area contributed by atoms with Gasteiger partial charge in [-0.3, -0.25) is 0 Å². The van der Waals surface area contributed by atoms with E-state index in [4.69, 9.17) is 25.5 Å². The third kappa shape index (κ3) is 13.2. The van der Waals surface area contributed by atoms with Gasteiger partial charge in [0, 0.05) is 0 Å². The molecular formula is C11H11N3O4. The van der Waals surface area contributed by atoms with E-state index in [-0.39, 0.29) is 5.75 Å². The standard InChI is InChI=1S/C9H9NO2.2CHNO/c11-7-10-5-4-8-2-1-3-9(12)6-8;2*2-1-3/h1-3,6,12H,4-5H2;2*2H. The molecule has 0 aliphatic carbocycles. The number of nitrogens with zero attached hydrogens (tertiary/aromatic N) is 1. The van der Waals surface area contributed by atoms with Crippen LogP contribution in [0, 0.1) is 10.8 Å². The highest BCUT2D eigenvalue weighted by Gasteiger charge is 1.92. The van der Waals surface area contributed by atoms with Crippen LogP contribution in [0.15, 0.2) is 29.3 Å². The number of aliphatic imine (C=N–C) groups is 1. The highest BCUT2D eigenvalue weighted by atomic mass is 16.3. The molecule has 0 fully saturated rings. The van der Waals surface area contributed by atoms with E-state index in [0.29, 0.717) is 13.0 Å². The lowest BCUT2D eigenvalue weighted by molar-refractivity contribution is 0.474. The molecule has 3 N–H and O–H groups in total. The van der Waals surface area contributed by atoms with Gasteiger partial charge in [0.2, 0.25) is 18.2 Å². The summed E-state index contributed by atoms with van der Waals surface area (Å²) in [5.41, 5.74) is 0.967. The van der Waals surface area contributed by atoms with E-state index in [1.807, 2.05) is 6.07 Å². The average Bonchev–Trinajstić information content (AvgIpc) is 2.31. The lowest BCUT2D eigenvalue weighted by Gasteiger charge is -1.97. The molecule has 18 heavy (non-hydrogen) atoms. The first-order valence-corrected chi connectivity index (χ1v) is 4.55. The topological polar surface area (TPSA) is 132 Å². The summed E-state index contributed by atoms with van der Waals surface area (Å²) in [5, 5.41) is 19.9. The van der Waals surface area contributed by atoms with Gasteiger partial charge in [0.15, 0.2) is 0 Å². The van der Waals surface area contributed by atoms with Crippen molar-refractivity contribution >= 4 is 18.2 Å². The highest BCUT2D eigenvalue weighted by molar-refractivity contribution is 5.33. The summed E-state index contributed by atoms with van der Waals surface area (Å²) in [6.07, 6.45) is 3.62. The highest BCUT2D eigenvalue weighted by Crippen LogP contribution is 2.10. The molecule has 0 aliphatic heterocycles. The molecule has 0 aliphatic rings. The van der Waals surface area contributed by atoms with Gasteiger partial charge in [-0.1, -0.05) is 12.1 Å². The predicted molar refractivity (Wildman–Crippen MR) is 61.6 cm³/mol. The zero-order valence-electron chi connectivity index (χ0n) is 9.34. The minimum absolute atomic E-state index is 0.239. The number of aromatic hydroxyl groups is 1. The molecule has 0 spiro atoms. The van der Waals surface area contributed by atoms with Crippen molar-refractivity contribution in [1.29, 1.82) is 10.8 Å². The zero-order chi connectivity index (χ0) is 14.2. The fourth-order valence-corrected chi connectivity index (χ4v) is 0.943. The quantitative estimate of drug-likeness (QED) is 0.546. The maximum absolute atomic E-state index is 9.72. The van der Waals surface area contributed by atoms with Crippen molar-refractivity contribution in [2.75, 3.05) is 6.54 Å². The van der Waals surface area contributed by atoms with Crippen molar-refractivity contribution in [2.45, 2.75) is 6.42 Å². The van der Waals surface area contributed by atoms with E-state index < -0.39 is 0 Å². The Hall–Kier alpha value is -2.84. The average molecular weight is 249 g/mol. The number of benzene rings is 1. The molecule has 0 aromatic heterocycles. The molecule has 7 heteroatoms. The lowest BCUT2D eigenvalue weighted by atomic mass is 10.1. The fraction of sp³-hybridized carbons (Fsp3) is 0.182. The second-order valence-electron chi connectivity index (χ2n) is 2.60. The van der Waals surface area contributed by atoms with E-state index >= 15 is 0 Å². The second-order valence-corrected chi connectivity index (χ2v) is 2.60. The first-order chi connectivity index (χ1) is 8.65. The molecule has 0 heterocycles. The summed E-state index contributed by atoms with van der Waals surface area (Å²) < 4.78 is 0. The number of hydrogen-bond donors (Lipinski definition) is 3. The number of hydrogen-bond acceptors (Lipinski definition) is 7. The molecular weight excluding hydrogens is 238 g/mol. The summed E-state index contributed by atoms with van der Waals surface area (Å²) >= 11 is 0. The van der Waals surface area contributed by atoms with Crippen LogP contribution in [0.5, 0.6) is 5.75 Å². The summed E-state index contributed by atoms with van der Waals surface area (Å²) in [7, 11) is 0. The Morgan fingerprint density at radius 2 is 1.72 bits per heavy atom. The zero-order valence-corrected chi connectivity index (χ0v) is 9.34. The molecule has 0 saturated carbocycles. The minimum atomic E-state index is 0.239. The van der Waals surface area contributed by atoms with Crippen LogP contribution >= 0.6 is 0 Å². The SMILES string of the molecule is N=C=O.N=C=O.O=C=NCCc1cccc(O)c1. The van der Waals surface area contributed by atoms with Gasteiger partial charge in [-0.15, -0.1) is 0 Å². The monoisotopic (exact) mass is 249 g/mol. The van der Waals surface area contributed by atoms with Crippen molar-refractivity contribution in [3.63, 3.8) is 0 Å². The van der Waals surface area contributed by atoms with Crippen molar-refractivity contribution in [3.8, 4) is 5.75 Å². The van der Waals surface area contributed by atoms with Crippen molar-refractivity contribution < 1.29 is 19.5 Å². The Kier molecular flexibility index (Phi) is 13.8. The molecule has 0 atom stereocenters. The van der Waals surface area contributed by atoms with Crippen LogP contribution in [-0.4, -0.2) is 29.9 Å². The lowest BCUT2D eigenvalue weighted by Crippen LogP contribution is -1.87. The molecule has 1 aromatic rings. The number of phenolic OH excluding ortho intramolecular Hbond substituents is 1. The number of rotatable bonds is 3. The summed E-state index contributed by atoms with van der Waals surface area (Å²) in [4.78, 5) is 29.8. The molecule has 0 radical (unpaired) electrons. The van der Waals surface area contributed by atoms with Gasteiger partial charge in [0.05, 0.1) is 6.54 Å². The summed E-state index contributed by atoms with van der Waals surface area (Å²) in [5.74, 6) is 0.239. The minimum Gasteiger partial charge on any atom is -0.508 e. The van der Waals surface area contributed by atoms with E-state index in [9.17, 15) is 4.79 Å². The van der Waals surface area contributed by atoms with Gasteiger partial charge in [0.25, 0.3) is 0 Å². The van der Waals surface area contributed by atoms with Crippen molar-refractivity contribution in [1.82, 2.24) is 0 Å². The smallest absolute Gasteiger partial charge is 0.234 e. The normalized spacial score (nSPS) is 6.89. The first-order valence-electron chi connectivity index (χ1n) is 4.55. The van der Waals surface area contributed by atoms with Gasteiger partial charge in [-0.2, -0.15) is 0 Å². The van der Waals surface area contributed by atoms with Gasteiger partial charge in [-0.25, -0.2) is 30.2 Å². The summed E-state index contributed by atoms with van der Waals surface area (Å²) in [6.45, 7) is 0.424. The van der Waals surface area contributed by atoms with Crippen LogP contribution in [-0.2, 0) is 20.8 Å². The molecule has 0 saturated heterocycles. The molecule has 0 amide bonds. The van der Waals surface area contributed by atoms with Crippen molar-refractivity contribution in [3.05, 3.63) is 29.8 Å². The number of carbonyl (C=O) groups excluding carboxylic acids is 3. The van der Waals surface area contributed by atoms with Gasteiger partial charge < -0.3 is 5.11 Å². The Bertz CT molecular complexity index is 443. The molecule has 0 bridgehead atoms. The molecule has 1 rings (SSSR count). The second kappa shape index (κ2) is 14.2. The Balaban J connectivity index is 0. The van der Waals surface area contributed by atoms with Gasteiger partial charge in [0.1, 0.15) is 5.75 Å². The van der Waals surface area contributed by atoms with Crippen LogP contribution in [0.1, 0.15) is 5.56 Å². The van der Waals surface area contributed by atoms with E-state index in [1.165, 1.54) is 6.08 Å². The van der Waals surface area contributed by atoms with E-state index in [1.54, 1.807) is 18.2 Å². The van der Waals surface area contributed by atoms with Gasteiger partial charge >= 0.3 is 0 Å². The number of phenols is 1. The molecule has 94 valence electrons. The summed E-state index contributed by atoms with van der Waals surface area (Å²) in [6, 6.07) is 6.89. The third-order valence-corrected chi connectivity index (χ3v) is 1.49. The largest absolute Gasteiger partial charge is 0.508 e. The van der Waals surface area contributed by atoms with E-state index in [2.05, 4.69) is 4.99 Å². The van der Waals surface area contributed by atoms with Crippen LogP contribution in [0.3, 0.4) is 0 Å². The molecule has 0 unspecified atom stereocenters. The van der Waals surface area contributed by atoms with Crippen LogP contribution in [0.2, 0.25) is 0 Å². The maximum Gasteiger partial charge on any atom is 0.234 e. The van der Waals surface area contributed by atoms with Crippen LogP contribution in [0.25, 0.3) is 0 Å². The van der Waals surface area contributed by atoms with Crippen LogP contribution in [0.4, 0.5) is 0 Å². The molecule has 7 nitrogen and oxygen atoms in total. The van der Waals surface area contributed by atoms with Gasteiger partial charge in [-0.05, 0) is 24.1 Å². The Labute approximate surface area is 103 Å². The number of nitrogens with one attached hydrogen (secondary N) is 2. The van der Waals surface area contributed by atoms with Crippen molar-refractivity contribution in [2.24, 2.45) is 4.99 Å². The Morgan fingerprint density at radius 1 is 1.17 bits per heavy atom.